The Morgan fingerprint density at radius 3 is 0.462 bits per heavy atom. The molecule has 0 spiro atoms. The van der Waals surface area contributed by atoms with E-state index in [2.05, 4.69) is 13.8 Å². The van der Waals surface area contributed by atoms with Gasteiger partial charge in [-0.1, -0.05) is 168 Å². The van der Waals surface area contributed by atoms with Gasteiger partial charge in [-0.3, -0.25) is 0 Å². The van der Waals surface area contributed by atoms with Gasteiger partial charge in [-0.2, -0.15) is 0 Å². The molecule has 52 heavy (non-hydrogen) atoms. The molecule has 0 aliphatic rings. The fourth-order valence-corrected chi connectivity index (χ4v) is 6.09. The van der Waals surface area contributed by atoms with Gasteiger partial charge >= 0.3 is 0 Å². The van der Waals surface area contributed by atoms with Crippen LogP contribution in [0, 0.1) is 0 Å². The maximum Gasteiger partial charge on any atom is 0.0701 e. The molecular weight excluding hydrogens is 656 g/mol. The minimum atomic E-state index is 0.554. The lowest BCUT2D eigenvalue weighted by molar-refractivity contribution is -0.0232. The van der Waals surface area contributed by atoms with E-state index in [-0.39, 0.29) is 0 Å². The summed E-state index contributed by atoms with van der Waals surface area (Å²) in [5.74, 6) is 0. The first-order valence-corrected chi connectivity index (χ1v) is 22.5. The molecule has 0 bridgehead atoms. The van der Waals surface area contributed by atoms with Crippen LogP contribution in [0.5, 0.6) is 0 Å². The van der Waals surface area contributed by atoms with Gasteiger partial charge in [0.2, 0.25) is 0 Å². The van der Waals surface area contributed by atoms with Gasteiger partial charge in [-0.25, -0.2) is 0 Å². The Labute approximate surface area is 323 Å². The van der Waals surface area contributed by atoms with Gasteiger partial charge < -0.3 is 37.9 Å². The van der Waals surface area contributed by atoms with Crippen LogP contribution in [0.1, 0.15) is 181 Å². The lowest BCUT2D eigenvalue weighted by Gasteiger charge is -2.09. The Bertz CT molecular complexity index is 547. The monoisotopic (exact) mass is 747 g/mol. The Balaban J connectivity index is 3.04. The summed E-state index contributed by atoms with van der Waals surface area (Å²) in [4.78, 5) is 0. The normalized spacial score (nSPS) is 11.7. The number of ether oxygens (including phenoxy) is 8. The third kappa shape index (κ3) is 49.7. The first kappa shape index (κ1) is 51.7. The summed E-state index contributed by atoms with van der Waals surface area (Å²) < 4.78 is 44.7. The highest BCUT2D eigenvalue weighted by molar-refractivity contribution is 4.50. The van der Waals surface area contributed by atoms with Gasteiger partial charge in [0.15, 0.2) is 0 Å². The zero-order valence-electron chi connectivity index (χ0n) is 35.0. The highest BCUT2D eigenvalue weighted by Gasteiger charge is 1.98. The highest BCUT2D eigenvalue weighted by atomic mass is 16.6. The van der Waals surface area contributed by atoms with Crippen molar-refractivity contribution in [2.75, 3.05) is 106 Å². The summed E-state index contributed by atoms with van der Waals surface area (Å²) in [6.45, 7) is 14.5. The van der Waals surface area contributed by atoms with Crippen LogP contribution in [-0.2, 0) is 37.9 Å². The first-order valence-electron chi connectivity index (χ1n) is 22.5. The van der Waals surface area contributed by atoms with Crippen molar-refractivity contribution in [3.63, 3.8) is 0 Å². The zero-order valence-corrected chi connectivity index (χ0v) is 35.0. The second-order valence-corrected chi connectivity index (χ2v) is 14.4. The average Bonchev–Trinajstić information content (AvgIpc) is 3.16. The van der Waals surface area contributed by atoms with Crippen LogP contribution in [0.25, 0.3) is 0 Å². The number of hydrogen-bond acceptors (Lipinski definition) is 8. The van der Waals surface area contributed by atoms with E-state index in [1.807, 2.05) is 0 Å². The van der Waals surface area contributed by atoms with Crippen LogP contribution >= 0.6 is 0 Å². The molecule has 0 radical (unpaired) electrons. The van der Waals surface area contributed by atoms with Crippen LogP contribution in [0.4, 0.5) is 0 Å². The topological polar surface area (TPSA) is 73.8 Å². The van der Waals surface area contributed by atoms with E-state index in [0.29, 0.717) is 92.5 Å². The molecule has 0 N–H and O–H groups in total. The molecule has 0 aliphatic carbocycles. The molecule has 0 aliphatic heterocycles. The third-order valence-electron chi connectivity index (χ3n) is 9.39. The van der Waals surface area contributed by atoms with Crippen molar-refractivity contribution in [1.29, 1.82) is 0 Å². The van der Waals surface area contributed by atoms with E-state index < -0.39 is 0 Å². The second-order valence-electron chi connectivity index (χ2n) is 14.4. The van der Waals surface area contributed by atoms with Gasteiger partial charge in [0.1, 0.15) is 0 Å². The van der Waals surface area contributed by atoms with E-state index in [1.165, 1.54) is 154 Å². The Kier molecular flexibility index (Phi) is 50.4. The molecular formula is C44H90O8. The predicted molar refractivity (Wildman–Crippen MR) is 218 cm³/mol. The van der Waals surface area contributed by atoms with Crippen molar-refractivity contribution in [3.05, 3.63) is 0 Å². The predicted octanol–water partition coefficient (Wildman–Crippen LogP) is 11.3. The maximum atomic E-state index is 5.69. The fraction of sp³-hybridized carbons (Fsp3) is 1.00. The number of rotatable bonds is 49. The van der Waals surface area contributed by atoms with Crippen molar-refractivity contribution < 1.29 is 37.9 Å². The molecule has 8 nitrogen and oxygen atoms in total. The highest BCUT2D eigenvalue weighted by Crippen LogP contribution is 2.13. The van der Waals surface area contributed by atoms with Crippen molar-refractivity contribution in [2.24, 2.45) is 0 Å². The minimum Gasteiger partial charge on any atom is -0.379 e. The molecule has 0 aromatic rings. The molecule has 0 atom stereocenters. The van der Waals surface area contributed by atoms with Gasteiger partial charge in [-0.15, -0.1) is 0 Å². The summed E-state index contributed by atoms with van der Waals surface area (Å²) in [7, 11) is 0. The summed E-state index contributed by atoms with van der Waals surface area (Å²) in [6.07, 6.45) is 35.8. The molecule has 0 unspecified atom stereocenters. The second kappa shape index (κ2) is 50.7. The van der Waals surface area contributed by atoms with Crippen LogP contribution in [0.15, 0.2) is 0 Å². The molecule has 0 aromatic heterocycles. The standard InChI is InChI=1S/C44H90O8/c1-3-5-7-9-11-13-15-17-19-21-23-25-27-29-45-31-33-47-35-37-49-39-41-51-43-44-52-42-40-50-38-36-48-34-32-46-30-28-26-24-22-20-18-16-14-12-10-8-6-4-2/h3-44H2,1-2H3. The summed E-state index contributed by atoms with van der Waals surface area (Å²) in [6, 6.07) is 0. The van der Waals surface area contributed by atoms with Crippen LogP contribution < -0.4 is 0 Å². The molecule has 0 rings (SSSR count). The van der Waals surface area contributed by atoms with Crippen LogP contribution in [0.3, 0.4) is 0 Å². The largest absolute Gasteiger partial charge is 0.379 e. The van der Waals surface area contributed by atoms with E-state index in [4.69, 9.17) is 37.9 Å². The van der Waals surface area contributed by atoms with E-state index in [9.17, 15) is 0 Å². The van der Waals surface area contributed by atoms with Gasteiger partial charge in [0, 0.05) is 13.2 Å². The van der Waals surface area contributed by atoms with Crippen molar-refractivity contribution in [1.82, 2.24) is 0 Å². The Morgan fingerprint density at radius 1 is 0.154 bits per heavy atom. The average molecular weight is 747 g/mol. The molecule has 0 fully saturated rings. The SMILES string of the molecule is CCCCCCCCCCCCCCCOCCOCCOCCOCCOCCOCCOCCOCCCCCCCCCCCCCCC. The lowest BCUT2D eigenvalue weighted by Crippen LogP contribution is -2.15. The van der Waals surface area contributed by atoms with E-state index in [1.54, 1.807) is 0 Å². The molecule has 0 heterocycles. The Morgan fingerprint density at radius 2 is 0.288 bits per heavy atom. The molecule has 0 saturated carbocycles. The fourth-order valence-electron chi connectivity index (χ4n) is 6.09. The summed E-state index contributed by atoms with van der Waals surface area (Å²) >= 11 is 0. The van der Waals surface area contributed by atoms with Crippen molar-refractivity contribution in [2.45, 2.75) is 181 Å². The van der Waals surface area contributed by atoms with Gasteiger partial charge in [0.05, 0.1) is 92.5 Å². The molecule has 0 amide bonds. The van der Waals surface area contributed by atoms with Crippen molar-refractivity contribution in [3.8, 4) is 0 Å². The molecule has 314 valence electrons. The lowest BCUT2D eigenvalue weighted by atomic mass is 10.0. The third-order valence-corrected chi connectivity index (χ3v) is 9.39. The number of unbranched alkanes of at least 4 members (excludes halogenated alkanes) is 24. The minimum absolute atomic E-state index is 0.554. The molecule has 0 aromatic carbocycles. The van der Waals surface area contributed by atoms with E-state index >= 15 is 0 Å². The maximum absolute atomic E-state index is 5.69. The zero-order chi connectivity index (χ0) is 37.4. The Hall–Kier alpha value is -0.320. The first-order chi connectivity index (χ1) is 25.9. The smallest absolute Gasteiger partial charge is 0.0701 e. The summed E-state index contributed by atoms with van der Waals surface area (Å²) in [5, 5.41) is 0. The quantitative estimate of drug-likeness (QED) is 0.0570. The molecule has 8 heteroatoms. The van der Waals surface area contributed by atoms with E-state index in [0.717, 1.165) is 26.1 Å². The van der Waals surface area contributed by atoms with Gasteiger partial charge in [0.25, 0.3) is 0 Å². The van der Waals surface area contributed by atoms with Crippen LogP contribution in [-0.4, -0.2) is 106 Å². The van der Waals surface area contributed by atoms with Crippen molar-refractivity contribution >= 4 is 0 Å². The molecule has 0 saturated heterocycles. The number of hydrogen-bond donors (Lipinski definition) is 0. The van der Waals surface area contributed by atoms with Crippen LogP contribution in [0.2, 0.25) is 0 Å². The summed E-state index contributed by atoms with van der Waals surface area (Å²) in [5.41, 5.74) is 0. The van der Waals surface area contributed by atoms with Gasteiger partial charge in [-0.05, 0) is 12.8 Å².